The highest BCUT2D eigenvalue weighted by Crippen LogP contribution is 2.28. The largest absolute Gasteiger partial charge is 0.493 e. The third kappa shape index (κ3) is 5.92. The van der Waals surface area contributed by atoms with E-state index in [1.807, 2.05) is 12.1 Å². The van der Waals surface area contributed by atoms with Crippen molar-refractivity contribution in [1.29, 1.82) is 0 Å². The van der Waals surface area contributed by atoms with Crippen LogP contribution < -0.4 is 14.8 Å². The Morgan fingerprint density at radius 1 is 1.15 bits per heavy atom. The standard InChI is InChI=1S/C21H24FNO3/c1-3-4-7-14-26-19-12-10-16(15-20(19)25-2)11-13-21(24)23-18-9-6-5-8-17(18)22/h5-6,8-13,15H,3-4,7,14H2,1-2H3,(H,23,24). The van der Waals surface area contributed by atoms with Crippen molar-refractivity contribution >= 4 is 17.7 Å². The van der Waals surface area contributed by atoms with Gasteiger partial charge >= 0.3 is 0 Å². The highest BCUT2D eigenvalue weighted by atomic mass is 19.1. The number of anilines is 1. The summed E-state index contributed by atoms with van der Waals surface area (Å²) in [5, 5.41) is 2.50. The summed E-state index contributed by atoms with van der Waals surface area (Å²) in [5.41, 5.74) is 0.932. The van der Waals surface area contributed by atoms with Gasteiger partial charge in [0, 0.05) is 6.08 Å². The molecule has 2 rings (SSSR count). The first-order chi connectivity index (χ1) is 12.6. The Kier molecular flexibility index (Phi) is 7.68. The van der Waals surface area contributed by atoms with Crippen LogP contribution in [0, 0.1) is 5.82 Å². The zero-order valence-corrected chi connectivity index (χ0v) is 15.1. The number of hydrogen-bond donors (Lipinski definition) is 1. The summed E-state index contributed by atoms with van der Waals surface area (Å²) in [6.07, 6.45) is 6.25. The molecule has 0 spiro atoms. The molecule has 1 N–H and O–H groups in total. The van der Waals surface area contributed by atoms with Gasteiger partial charge in [-0.15, -0.1) is 0 Å². The van der Waals surface area contributed by atoms with Crippen molar-refractivity contribution in [3.05, 3.63) is 59.9 Å². The molecule has 0 fully saturated rings. The zero-order valence-electron chi connectivity index (χ0n) is 15.1. The molecule has 1 amide bonds. The van der Waals surface area contributed by atoms with Crippen LogP contribution in [-0.2, 0) is 4.79 Å². The SMILES string of the molecule is CCCCCOc1ccc(C=CC(=O)Nc2ccccc2F)cc1OC. The third-order valence-electron chi connectivity index (χ3n) is 3.75. The molecular formula is C21H24FNO3. The molecule has 0 aliphatic heterocycles. The number of para-hydroxylation sites is 1. The first-order valence-corrected chi connectivity index (χ1v) is 8.68. The first kappa shape index (κ1) is 19.5. The van der Waals surface area contributed by atoms with E-state index in [2.05, 4.69) is 12.2 Å². The molecule has 4 nitrogen and oxygen atoms in total. The van der Waals surface area contributed by atoms with Gasteiger partial charge in [-0.05, 0) is 42.3 Å². The average Bonchev–Trinajstić information content (AvgIpc) is 2.66. The van der Waals surface area contributed by atoms with Crippen LogP contribution in [0.2, 0.25) is 0 Å². The molecule has 0 saturated heterocycles. The number of benzene rings is 2. The van der Waals surface area contributed by atoms with Gasteiger partial charge in [-0.1, -0.05) is 38.0 Å². The van der Waals surface area contributed by atoms with E-state index in [0.29, 0.717) is 18.1 Å². The number of nitrogens with one attached hydrogen (secondary N) is 1. The van der Waals surface area contributed by atoms with Crippen molar-refractivity contribution in [2.24, 2.45) is 0 Å². The number of carbonyl (C=O) groups excluding carboxylic acids is 1. The number of ether oxygens (including phenoxy) is 2. The summed E-state index contributed by atoms with van der Waals surface area (Å²) < 4.78 is 24.6. The van der Waals surface area contributed by atoms with E-state index in [4.69, 9.17) is 9.47 Å². The molecule has 5 heteroatoms. The highest BCUT2D eigenvalue weighted by Gasteiger charge is 2.06. The lowest BCUT2D eigenvalue weighted by Gasteiger charge is -2.11. The molecule has 0 saturated carbocycles. The molecule has 0 atom stereocenters. The fourth-order valence-electron chi connectivity index (χ4n) is 2.35. The molecule has 0 aromatic heterocycles. The molecule has 0 bridgehead atoms. The quantitative estimate of drug-likeness (QED) is 0.504. The number of hydrogen-bond acceptors (Lipinski definition) is 3. The van der Waals surface area contributed by atoms with Crippen LogP contribution in [0.15, 0.2) is 48.5 Å². The van der Waals surface area contributed by atoms with Crippen molar-refractivity contribution in [2.45, 2.75) is 26.2 Å². The van der Waals surface area contributed by atoms with Gasteiger partial charge in [-0.2, -0.15) is 0 Å². The number of rotatable bonds is 9. The third-order valence-corrected chi connectivity index (χ3v) is 3.75. The average molecular weight is 357 g/mol. The fraction of sp³-hybridized carbons (Fsp3) is 0.286. The summed E-state index contributed by atoms with van der Waals surface area (Å²) in [4.78, 5) is 11.9. The normalized spacial score (nSPS) is 10.7. The number of carbonyl (C=O) groups is 1. The highest BCUT2D eigenvalue weighted by molar-refractivity contribution is 6.02. The Hall–Kier alpha value is -2.82. The summed E-state index contributed by atoms with van der Waals surface area (Å²) >= 11 is 0. The summed E-state index contributed by atoms with van der Waals surface area (Å²) in [5.74, 6) is 0.407. The lowest BCUT2D eigenvalue weighted by Crippen LogP contribution is -2.09. The zero-order chi connectivity index (χ0) is 18.8. The predicted molar refractivity (Wildman–Crippen MR) is 102 cm³/mol. The lowest BCUT2D eigenvalue weighted by atomic mass is 10.2. The minimum absolute atomic E-state index is 0.149. The molecule has 2 aromatic carbocycles. The van der Waals surface area contributed by atoms with Crippen molar-refractivity contribution in [3.8, 4) is 11.5 Å². The summed E-state index contributed by atoms with van der Waals surface area (Å²) in [7, 11) is 1.58. The van der Waals surface area contributed by atoms with E-state index in [9.17, 15) is 9.18 Å². The van der Waals surface area contributed by atoms with Crippen molar-refractivity contribution in [1.82, 2.24) is 0 Å². The van der Waals surface area contributed by atoms with Gasteiger partial charge in [0.15, 0.2) is 11.5 Å². The van der Waals surface area contributed by atoms with E-state index >= 15 is 0 Å². The maximum Gasteiger partial charge on any atom is 0.248 e. The van der Waals surface area contributed by atoms with Gasteiger partial charge in [0.1, 0.15) is 5.82 Å². The maximum atomic E-state index is 13.5. The first-order valence-electron chi connectivity index (χ1n) is 8.68. The fourth-order valence-corrected chi connectivity index (χ4v) is 2.35. The Bertz CT molecular complexity index is 759. The summed E-state index contributed by atoms with van der Waals surface area (Å²) in [6, 6.07) is 11.5. The van der Waals surface area contributed by atoms with Gasteiger partial charge in [-0.3, -0.25) is 4.79 Å². The molecule has 0 aliphatic rings. The van der Waals surface area contributed by atoms with Crippen LogP contribution in [-0.4, -0.2) is 19.6 Å². The molecule has 0 radical (unpaired) electrons. The van der Waals surface area contributed by atoms with E-state index in [1.54, 1.807) is 31.4 Å². The Labute approximate surface area is 153 Å². The van der Waals surface area contributed by atoms with Gasteiger partial charge in [0.25, 0.3) is 0 Å². The van der Waals surface area contributed by atoms with Gasteiger partial charge in [-0.25, -0.2) is 4.39 Å². The van der Waals surface area contributed by atoms with Gasteiger partial charge in [0.05, 0.1) is 19.4 Å². The van der Waals surface area contributed by atoms with Crippen LogP contribution in [0.4, 0.5) is 10.1 Å². The number of methoxy groups -OCH3 is 1. The topological polar surface area (TPSA) is 47.6 Å². The van der Waals surface area contributed by atoms with Gasteiger partial charge < -0.3 is 14.8 Å². The second-order valence-corrected chi connectivity index (χ2v) is 5.77. The van der Waals surface area contributed by atoms with Crippen molar-refractivity contribution < 1.29 is 18.7 Å². The monoisotopic (exact) mass is 357 g/mol. The summed E-state index contributed by atoms with van der Waals surface area (Å²) in [6.45, 7) is 2.79. The van der Waals surface area contributed by atoms with Gasteiger partial charge in [0.2, 0.25) is 5.91 Å². The predicted octanol–water partition coefficient (Wildman–Crippen LogP) is 5.06. The van der Waals surface area contributed by atoms with E-state index < -0.39 is 11.7 Å². The van der Waals surface area contributed by atoms with E-state index in [0.717, 1.165) is 24.8 Å². The van der Waals surface area contributed by atoms with E-state index in [-0.39, 0.29) is 5.69 Å². The smallest absolute Gasteiger partial charge is 0.248 e. The van der Waals surface area contributed by atoms with Crippen LogP contribution in [0.25, 0.3) is 6.08 Å². The van der Waals surface area contributed by atoms with Crippen LogP contribution in [0.5, 0.6) is 11.5 Å². The van der Waals surface area contributed by atoms with Crippen molar-refractivity contribution in [2.75, 3.05) is 19.0 Å². The molecule has 26 heavy (non-hydrogen) atoms. The maximum absolute atomic E-state index is 13.5. The lowest BCUT2D eigenvalue weighted by molar-refractivity contribution is -0.111. The minimum Gasteiger partial charge on any atom is -0.493 e. The molecule has 0 heterocycles. The molecule has 0 unspecified atom stereocenters. The van der Waals surface area contributed by atoms with Crippen molar-refractivity contribution in [3.63, 3.8) is 0 Å². The van der Waals surface area contributed by atoms with Crippen LogP contribution >= 0.6 is 0 Å². The van der Waals surface area contributed by atoms with E-state index in [1.165, 1.54) is 18.2 Å². The second-order valence-electron chi connectivity index (χ2n) is 5.77. The molecule has 0 aliphatic carbocycles. The number of halogens is 1. The minimum atomic E-state index is -0.472. The molecular weight excluding hydrogens is 333 g/mol. The molecule has 138 valence electrons. The number of amides is 1. The molecule has 2 aromatic rings. The van der Waals surface area contributed by atoms with Crippen LogP contribution in [0.3, 0.4) is 0 Å². The second kappa shape index (κ2) is 10.2. The Morgan fingerprint density at radius 3 is 2.69 bits per heavy atom. The Balaban J connectivity index is 1.98. The Morgan fingerprint density at radius 2 is 1.96 bits per heavy atom. The number of unbranched alkanes of at least 4 members (excludes halogenated alkanes) is 2. The van der Waals surface area contributed by atoms with Crippen LogP contribution in [0.1, 0.15) is 31.7 Å².